The van der Waals surface area contributed by atoms with E-state index in [4.69, 9.17) is 4.74 Å². The zero-order valence-electron chi connectivity index (χ0n) is 11.5. The first-order valence-corrected chi connectivity index (χ1v) is 7.78. The van der Waals surface area contributed by atoms with Crippen LogP contribution in [0.1, 0.15) is 29.2 Å². The number of hydrogen-bond acceptors (Lipinski definition) is 2. The highest BCUT2D eigenvalue weighted by molar-refractivity contribution is 9.10. The molecular formula is C17H16BrNO2. The van der Waals surface area contributed by atoms with Crippen molar-refractivity contribution >= 4 is 22.0 Å². The van der Waals surface area contributed by atoms with E-state index < -0.39 is 0 Å². The van der Waals surface area contributed by atoms with Crippen LogP contribution in [0.4, 0.5) is 4.79 Å². The molecule has 0 unspecified atom stereocenters. The topological polar surface area (TPSA) is 38.3 Å². The van der Waals surface area contributed by atoms with Crippen molar-refractivity contribution in [3.05, 3.63) is 69.7 Å². The predicted octanol–water partition coefficient (Wildman–Crippen LogP) is 4.36. The van der Waals surface area contributed by atoms with E-state index in [-0.39, 0.29) is 12.1 Å². The van der Waals surface area contributed by atoms with Crippen molar-refractivity contribution in [3.8, 4) is 0 Å². The molecular weight excluding hydrogens is 330 g/mol. The maximum atomic E-state index is 11.9. The van der Waals surface area contributed by atoms with Crippen molar-refractivity contribution in [2.24, 2.45) is 0 Å². The molecule has 0 bridgehead atoms. The molecule has 0 aromatic heterocycles. The summed E-state index contributed by atoms with van der Waals surface area (Å²) < 4.78 is 6.39. The number of hydrogen-bond donors (Lipinski definition) is 1. The number of carbonyl (C=O) groups excluding carboxylic acids is 1. The number of carbonyl (C=O) groups is 1. The first kappa shape index (κ1) is 14.1. The normalized spacial score (nSPS) is 16.3. The lowest BCUT2D eigenvalue weighted by atomic mass is 10.1. The molecule has 0 heterocycles. The fourth-order valence-corrected chi connectivity index (χ4v) is 3.25. The molecule has 0 fully saturated rings. The fourth-order valence-electron chi connectivity index (χ4n) is 2.67. The van der Waals surface area contributed by atoms with E-state index in [2.05, 4.69) is 27.3 Å². The van der Waals surface area contributed by atoms with Gasteiger partial charge in [-0.1, -0.05) is 58.4 Å². The monoisotopic (exact) mass is 345 g/mol. The molecule has 0 saturated carbocycles. The van der Waals surface area contributed by atoms with Gasteiger partial charge in [0.2, 0.25) is 0 Å². The van der Waals surface area contributed by atoms with Crippen molar-refractivity contribution in [3.63, 3.8) is 0 Å². The van der Waals surface area contributed by atoms with Crippen LogP contribution in [-0.2, 0) is 17.8 Å². The second-order valence-electron chi connectivity index (χ2n) is 5.10. The number of rotatable bonds is 3. The largest absolute Gasteiger partial charge is 0.445 e. The number of amides is 1. The van der Waals surface area contributed by atoms with E-state index in [0.717, 1.165) is 22.9 Å². The first-order valence-electron chi connectivity index (χ1n) is 6.98. The van der Waals surface area contributed by atoms with Crippen LogP contribution in [0.15, 0.2) is 53.0 Å². The molecule has 0 aliphatic heterocycles. The zero-order valence-corrected chi connectivity index (χ0v) is 13.1. The van der Waals surface area contributed by atoms with Crippen molar-refractivity contribution in [1.82, 2.24) is 5.32 Å². The molecule has 0 radical (unpaired) electrons. The summed E-state index contributed by atoms with van der Waals surface area (Å²) >= 11 is 3.56. The van der Waals surface area contributed by atoms with Gasteiger partial charge in [-0.3, -0.25) is 0 Å². The highest BCUT2D eigenvalue weighted by Gasteiger charge is 2.25. The Hall–Kier alpha value is -1.81. The van der Waals surface area contributed by atoms with E-state index >= 15 is 0 Å². The number of alkyl carbamates (subject to hydrolysis) is 1. The van der Waals surface area contributed by atoms with E-state index in [9.17, 15) is 4.79 Å². The van der Waals surface area contributed by atoms with Gasteiger partial charge in [0.25, 0.3) is 0 Å². The summed E-state index contributed by atoms with van der Waals surface area (Å²) in [4.78, 5) is 11.9. The average Bonchev–Trinajstić information content (AvgIpc) is 2.91. The van der Waals surface area contributed by atoms with Crippen molar-refractivity contribution in [1.29, 1.82) is 0 Å². The Kier molecular flexibility index (Phi) is 4.25. The maximum absolute atomic E-state index is 11.9. The van der Waals surface area contributed by atoms with Crippen LogP contribution in [0.2, 0.25) is 0 Å². The molecule has 21 heavy (non-hydrogen) atoms. The Morgan fingerprint density at radius 1 is 1.19 bits per heavy atom. The lowest BCUT2D eigenvalue weighted by molar-refractivity contribution is 0.135. The minimum absolute atomic E-state index is 0.0424. The van der Waals surface area contributed by atoms with Crippen LogP contribution >= 0.6 is 15.9 Å². The molecule has 1 aliphatic carbocycles. The lowest BCUT2D eigenvalue weighted by Crippen LogP contribution is -2.27. The molecule has 0 saturated heterocycles. The number of nitrogens with one attached hydrogen (secondary N) is 1. The van der Waals surface area contributed by atoms with E-state index in [0.29, 0.717) is 6.61 Å². The Balaban J connectivity index is 1.59. The molecule has 1 atom stereocenters. The van der Waals surface area contributed by atoms with Gasteiger partial charge in [0.05, 0.1) is 6.04 Å². The predicted molar refractivity (Wildman–Crippen MR) is 85.0 cm³/mol. The van der Waals surface area contributed by atoms with Gasteiger partial charge in [-0.25, -0.2) is 4.79 Å². The third-order valence-electron chi connectivity index (χ3n) is 3.72. The van der Waals surface area contributed by atoms with Crippen LogP contribution in [-0.4, -0.2) is 6.09 Å². The van der Waals surface area contributed by atoms with Gasteiger partial charge in [-0.2, -0.15) is 0 Å². The number of benzene rings is 2. The highest BCUT2D eigenvalue weighted by atomic mass is 79.9. The summed E-state index contributed by atoms with van der Waals surface area (Å²) in [5.74, 6) is 0. The molecule has 1 amide bonds. The lowest BCUT2D eigenvalue weighted by Gasteiger charge is -2.14. The average molecular weight is 346 g/mol. The van der Waals surface area contributed by atoms with Gasteiger partial charge in [0.15, 0.2) is 0 Å². The van der Waals surface area contributed by atoms with Crippen molar-refractivity contribution in [2.75, 3.05) is 0 Å². The minimum Gasteiger partial charge on any atom is -0.445 e. The Morgan fingerprint density at radius 2 is 2.00 bits per heavy atom. The molecule has 108 valence electrons. The second kappa shape index (κ2) is 6.31. The Bertz CT molecular complexity index is 642. The minimum atomic E-state index is -0.364. The van der Waals surface area contributed by atoms with Gasteiger partial charge in [0, 0.05) is 4.47 Å². The Labute approximate surface area is 132 Å². The second-order valence-corrected chi connectivity index (χ2v) is 5.96. The smallest absolute Gasteiger partial charge is 0.407 e. The molecule has 1 N–H and O–H groups in total. The summed E-state index contributed by atoms with van der Waals surface area (Å²) in [5, 5.41) is 2.95. The van der Waals surface area contributed by atoms with E-state index in [1.54, 1.807) is 0 Å². The van der Waals surface area contributed by atoms with Crippen LogP contribution in [0, 0.1) is 0 Å². The summed E-state index contributed by atoms with van der Waals surface area (Å²) in [6, 6.07) is 15.8. The quantitative estimate of drug-likeness (QED) is 0.897. The number of halogens is 1. The summed E-state index contributed by atoms with van der Waals surface area (Å²) in [5.41, 5.74) is 3.45. The first-order chi connectivity index (χ1) is 10.2. The van der Waals surface area contributed by atoms with Crippen LogP contribution in [0.25, 0.3) is 0 Å². The molecule has 4 heteroatoms. The zero-order chi connectivity index (χ0) is 14.7. The molecule has 3 nitrogen and oxygen atoms in total. The summed E-state index contributed by atoms with van der Waals surface area (Å²) in [6.07, 6.45) is 1.52. The van der Waals surface area contributed by atoms with Gasteiger partial charge < -0.3 is 10.1 Å². The van der Waals surface area contributed by atoms with Gasteiger partial charge in [-0.15, -0.1) is 0 Å². The number of fused-ring (bicyclic) bond motifs is 1. The highest BCUT2D eigenvalue weighted by Crippen LogP contribution is 2.35. The van der Waals surface area contributed by atoms with Crippen LogP contribution in [0.5, 0.6) is 0 Å². The van der Waals surface area contributed by atoms with Gasteiger partial charge in [-0.05, 0) is 35.6 Å². The van der Waals surface area contributed by atoms with Gasteiger partial charge >= 0.3 is 6.09 Å². The molecule has 3 rings (SSSR count). The van der Waals surface area contributed by atoms with Crippen molar-refractivity contribution in [2.45, 2.75) is 25.5 Å². The van der Waals surface area contributed by atoms with E-state index in [1.165, 1.54) is 11.1 Å². The number of ether oxygens (including phenoxy) is 1. The third-order valence-corrected chi connectivity index (χ3v) is 4.46. The third kappa shape index (κ3) is 3.27. The Morgan fingerprint density at radius 3 is 2.81 bits per heavy atom. The maximum Gasteiger partial charge on any atom is 0.407 e. The molecule has 2 aromatic rings. The SMILES string of the molecule is O=C(N[C@@H]1CCc2c(Br)cccc21)OCc1ccccc1. The standard InChI is InChI=1S/C17H16BrNO2/c18-15-8-4-7-14-13(15)9-10-16(14)19-17(20)21-11-12-5-2-1-3-6-12/h1-8,16H,9-11H2,(H,19,20)/t16-/m1/s1. The molecule has 0 spiro atoms. The molecule has 1 aliphatic rings. The van der Waals surface area contributed by atoms with Crippen LogP contribution in [0.3, 0.4) is 0 Å². The van der Waals surface area contributed by atoms with E-state index in [1.807, 2.05) is 42.5 Å². The van der Waals surface area contributed by atoms with Gasteiger partial charge in [0.1, 0.15) is 6.61 Å². The molecule has 2 aromatic carbocycles. The fraction of sp³-hybridized carbons (Fsp3) is 0.235. The van der Waals surface area contributed by atoms with Crippen molar-refractivity contribution < 1.29 is 9.53 Å². The summed E-state index contributed by atoms with van der Waals surface area (Å²) in [6.45, 7) is 0.296. The van der Waals surface area contributed by atoms with Crippen LogP contribution < -0.4 is 5.32 Å². The summed E-state index contributed by atoms with van der Waals surface area (Å²) in [7, 11) is 0.